The van der Waals surface area contributed by atoms with Gasteiger partial charge in [-0.05, 0) is 44.5 Å². The van der Waals surface area contributed by atoms with Crippen LogP contribution >= 0.6 is 11.3 Å². The maximum atomic E-state index is 12.4. The third kappa shape index (κ3) is 2.70. The van der Waals surface area contributed by atoms with E-state index in [0.29, 0.717) is 17.1 Å². The van der Waals surface area contributed by atoms with E-state index in [0.717, 1.165) is 32.1 Å². The summed E-state index contributed by atoms with van der Waals surface area (Å²) in [5, 5.41) is 4.06. The topological polar surface area (TPSA) is 83.8 Å². The van der Waals surface area contributed by atoms with Crippen molar-refractivity contribution in [2.75, 3.05) is 5.32 Å². The van der Waals surface area contributed by atoms with Gasteiger partial charge in [-0.15, -0.1) is 11.3 Å². The third-order valence-corrected chi connectivity index (χ3v) is 5.45. The van der Waals surface area contributed by atoms with E-state index in [9.17, 15) is 4.79 Å². The van der Waals surface area contributed by atoms with Crippen molar-refractivity contribution in [2.24, 2.45) is 0 Å². The minimum Gasteiger partial charge on any atom is -0.441 e. The lowest BCUT2D eigenvalue weighted by atomic mass is 10.2. The van der Waals surface area contributed by atoms with Crippen LogP contribution in [0.2, 0.25) is 0 Å². The Balaban J connectivity index is 1.68. The number of hydrogen-bond donors (Lipinski definition) is 2. The number of rotatable bonds is 3. The maximum absolute atomic E-state index is 12.4. The van der Waals surface area contributed by atoms with Gasteiger partial charge in [-0.2, -0.15) is 0 Å². The number of H-pyrrole nitrogens is 1. The zero-order valence-corrected chi connectivity index (χ0v) is 15.2. The van der Waals surface area contributed by atoms with E-state index in [-0.39, 0.29) is 11.6 Å². The molecule has 3 aromatic heterocycles. The number of oxazole rings is 1. The molecule has 0 radical (unpaired) electrons. The number of hydrogen-bond acceptors (Lipinski definition) is 6. The van der Waals surface area contributed by atoms with Crippen molar-refractivity contribution in [2.45, 2.75) is 33.7 Å². The summed E-state index contributed by atoms with van der Waals surface area (Å²) in [6.07, 6.45) is 0. The van der Waals surface area contributed by atoms with Crippen molar-refractivity contribution in [1.29, 1.82) is 0 Å². The normalized spacial score (nSPS) is 12.8. The minimum atomic E-state index is -0.148. The van der Waals surface area contributed by atoms with Crippen LogP contribution in [0.3, 0.4) is 0 Å². The van der Waals surface area contributed by atoms with E-state index in [1.54, 1.807) is 11.3 Å². The fourth-order valence-electron chi connectivity index (χ4n) is 2.93. The fourth-order valence-corrected chi connectivity index (χ4v) is 3.96. The number of nitrogens with zero attached hydrogens (tertiary/aromatic N) is 2. The van der Waals surface area contributed by atoms with Gasteiger partial charge in [0.05, 0.1) is 11.4 Å². The van der Waals surface area contributed by atoms with Gasteiger partial charge in [-0.25, -0.2) is 9.97 Å². The first-order valence-electron chi connectivity index (χ1n) is 8.06. The zero-order valence-electron chi connectivity index (χ0n) is 14.4. The quantitative estimate of drug-likeness (QED) is 0.575. The molecule has 0 spiro atoms. The molecule has 1 atom stereocenters. The van der Waals surface area contributed by atoms with E-state index in [2.05, 4.69) is 20.3 Å². The lowest BCUT2D eigenvalue weighted by Gasteiger charge is -2.14. The van der Waals surface area contributed by atoms with Crippen molar-refractivity contribution in [3.05, 3.63) is 50.7 Å². The van der Waals surface area contributed by atoms with Crippen molar-refractivity contribution in [1.82, 2.24) is 15.0 Å². The Morgan fingerprint density at radius 2 is 2.04 bits per heavy atom. The Bertz CT molecular complexity index is 1160. The summed E-state index contributed by atoms with van der Waals surface area (Å²) in [4.78, 5) is 26.2. The summed E-state index contributed by atoms with van der Waals surface area (Å²) in [5.41, 5.74) is 3.38. The maximum Gasteiger partial charge on any atom is 0.259 e. The zero-order chi connectivity index (χ0) is 17.7. The van der Waals surface area contributed by atoms with Crippen LogP contribution in [0.15, 0.2) is 27.4 Å². The summed E-state index contributed by atoms with van der Waals surface area (Å²) in [5.74, 6) is 1.26. The lowest BCUT2D eigenvalue weighted by Crippen LogP contribution is -2.17. The largest absolute Gasteiger partial charge is 0.441 e. The van der Waals surface area contributed by atoms with Gasteiger partial charge in [-0.1, -0.05) is 0 Å². The average molecular weight is 354 g/mol. The van der Waals surface area contributed by atoms with Crippen molar-refractivity contribution in [3.8, 4) is 0 Å². The number of nitrogens with one attached hydrogen (secondary N) is 2. The van der Waals surface area contributed by atoms with Crippen LogP contribution in [-0.2, 0) is 0 Å². The molecule has 4 aromatic rings. The second-order valence-corrected chi connectivity index (χ2v) is 7.40. The molecule has 0 fully saturated rings. The number of aryl methyl sites for hydroxylation is 3. The highest BCUT2D eigenvalue weighted by Gasteiger charge is 2.15. The van der Waals surface area contributed by atoms with Crippen LogP contribution in [0, 0.1) is 20.8 Å². The molecule has 0 amide bonds. The number of thiophene rings is 1. The molecule has 0 aliphatic heterocycles. The molecule has 1 unspecified atom stereocenters. The Morgan fingerprint density at radius 3 is 2.84 bits per heavy atom. The molecule has 0 aliphatic rings. The highest BCUT2D eigenvalue weighted by Crippen LogP contribution is 2.27. The highest BCUT2D eigenvalue weighted by atomic mass is 32.1. The average Bonchev–Trinajstić information content (AvgIpc) is 3.06. The standard InChI is InChI=1S/C18H18N4O2S/c1-8-10(3)25-18-15(8)17(23)21-16(22-18)9(2)19-12-5-6-14-13(7-12)20-11(4)24-14/h5-7,9,19H,1-4H3,(H,21,22,23). The molecular formula is C18H18N4O2S. The smallest absolute Gasteiger partial charge is 0.259 e. The Labute approximate surface area is 147 Å². The van der Waals surface area contributed by atoms with Gasteiger partial charge in [0.15, 0.2) is 11.5 Å². The molecule has 128 valence electrons. The lowest BCUT2D eigenvalue weighted by molar-refractivity contribution is 0.561. The van der Waals surface area contributed by atoms with Gasteiger partial charge in [-0.3, -0.25) is 4.79 Å². The molecule has 4 rings (SSSR count). The molecule has 7 heteroatoms. The predicted molar refractivity (Wildman–Crippen MR) is 100 cm³/mol. The minimum absolute atomic E-state index is 0.0851. The van der Waals surface area contributed by atoms with Crippen LogP contribution in [0.4, 0.5) is 5.69 Å². The van der Waals surface area contributed by atoms with Gasteiger partial charge in [0, 0.05) is 17.5 Å². The predicted octanol–water partition coefficient (Wildman–Crippen LogP) is 4.22. The van der Waals surface area contributed by atoms with Crippen LogP contribution in [0.25, 0.3) is 21.3 Å². The first-order valence-corrected chi connectivity index (χ1v) is 8.87. The molecule has 0 bridgehead atoms. The van der Waals surface area contributed by atoms with Crippen LogP contribution in [0.5, 0.6) is 0 Å². The molecule has 25 heavy (non-hydrogen) atoms. The SMILES string of the molecule is Cc1nc2cc(NC(C)c3nc4sc(C)c(C)c4c(=O)[nH]3)ccc2o1. The van der Waals surface area contributed by atoms with Crippen LogP contribution in [-0.4, -0.2) is 15.0 Å². The van der Waals surface area contributed by atoms with Gasteiger partial charge in [0.25, 0.3) is 5.56 Å². The van der Waals surface area contributed by atoms with Crippen LogP contribution in [0.1, 0.15) is 35.1 Å². The van der Waals surface area contributed by atoms with E-state index < -0.39 is 0 Å². The Kier molecular flexibility index (Phi) is 3.61. The Hall–Kier alpha value is -2.67. The monoisotopic (exact) mass is 354 g/mol. The summed E-state index contributed by atoms with van der Waals surface area (Å²) >= 11 is 1.55. The van der Waals surface area contributed by atoms with Gasteiger partial charge in [0.2, 0.25) is 0 Å². The molecular weight excluding hydrogens is 336 g/mol. The summed E-state index contributed by atoms with van der Waals surface area (Å²) in [6, 6.07) is 5.60. The summed E-state index contributed by atoms with van der Waals surface area (Å²) < 4.78 is 5.49. The highest BCUT2D eigenvalue weighted by molar-refractivity contribution is 7.18. The summed E-state index contributed by atoms with van der Waals surface area (Å²) in [7, 11) is 0. The van der Waals surface area contributed by atoms with E-state index in [4.69, 9.17) is 4.42 Å². The number of aromatic amines is 1. The molecule has 6 nitrogen and oxygen atoms in total. The molecule has 3 heterocycles. The fraction of sp³-hybridized carbons (Fsp3) is 0.278. The number of aromatic nitrogens is 3. The van der Waals surface area contributed by atoms with Gasteiger partial charge >= 0.3 is 0 Å². The summed E-state index contributed by atoms with van der Waals surface area (Å²) in [6.45, 7) is 7.76. The molecule has 0 aliphatic carbocycles. The second kappa shape index (κ2) is 5.70. The first kappa shape index (κ1) is 15.8. The van der Waals surface area contributed by atoms with Crippen LogP contribution < -0.4 is 10.9 Å². The first-order chi connectivity index (χ1) is 11.9. The van der Waals surface area contributed by atoms with Crippen molar-refractivity contribution >= 4 is 38.3 Å². The van der Waals surface area contributed by atoms with E-state index in [1.807, 2.05) is 45.9 Å². The number of fused-ring (bicyclic) bond motifs is 2. The van der Waals surface area contributed by atoms with E-state index in [1.165, 1.54) is 0 Å². The number of benzene rings is 1. The Morgan fingerprint density at radius 1 is 1.24 bits per heavy atom. The second-order valence-electron chi connectivity index (χ2n) is 6.20. The molecule has 0 saturated carbocycles. The third-order valence-electron chi connectivity index (χ3n) is 4.35. The van der Waals surface area contributed by atoms with Gasteiger partial charge < -0.3 is 14.7 Å². The molecule has 2 N–H and O–H groups in total. The van der Waals surface area contributed by atoms with Gasteiger partial charge in [0.1, 0.15) is 16.2 Å². The number of anilines is 1. The molecule has 1 aromatic carbocycles. The van der Waals surface area contributed by atoms with Crippen molar-refractivity contribution < 1.29 is 4.42 Å². The van der Waals surface area contributed by atoms with Crippen molar-refractivity contribution in [3.63, 3.8) is 0 Å². The molecule has 0 saturated heterocycles. The van der Waals surface area contributed by atoms with E-state index >= 15 is 0 Å².